The number of rotatable bonds is 6. The van der Waals surface area contributed by atoms with Gasteiger partial charge in [-0.2, -0.15) is 16.7 Å². The molecule has 0 aliphatic carbocycles. The number of carbonyl (C=O) groups is 2. The zero-order valence-corrected chi connectivity index (χ0v) is 14.4. The number of thioether (sulfide) groups is 1. The van der Waals surface area contributed by atoms with Crippen LogP contribution in [0.3, 0.4) is 0 Å². The number of carbonyl (C=O) groups excluding carboxylic acids is 2. The summed E-state index contributed by atoms with van der Waals surface area (Å²) >= 11 is 1.61. The van der Waals surface area contributed by atoms with Crippen molar-refractivity contribution in [3.63, 3.8) is 0 Å². The van der Waals surface area contributed by atoms with Gasteiger partial charge >= 0.3 is 0 Å². The quantitative estimate of drug-likeness (QED) is 0.781. The predicted molar refractivity (Wildman–Crippen MR) is 87.7 cm³/mol. The molecule has 1 aliphatic rings. The third-order valence-electron chi connectivity index (χ3n) is 3.54. The van der Waals surface area contributed by atoms with Crippen molar-refractivity contribution in [1.82, 2.24) is 15.0 Å². The SMILES string of the molecule is COc1ccc(C(=O)N2CCCN2C(=O)CCSC)c(OC)n1. The molecule has 1 saturated heterocycles. The smallest absolute Gasteiger partial charge is 0.277 e. The van der Waals surface area contributed by atoms with Crippen LogP contribution in [-0.4, -0.2) is 66.1 Å². The number of amides is 2. The van der Waals surface area contributed by atoms with Crippen molar-refractivity contribution in [2.45, 2.75) is 12.8 Å². The Morgan fingerprint density at radius 3 is 2.61 bits per heavy atom. The molecule has 7 nitrogen and oxygen atoms in total. The van der Waals surface area contributed by atoms with E-state index >= 15 is 0 Å². The zero-order chi connectivity index (χ0) is 16.8. The molecule has 23 heavy (non-hydrogen) atoms. The van der Waals surface area contributed by atoms with Crippen molar-refractivity contribution in [3.8, 4) is 11.8 Å². The number of ether oxygens (including phenoxy) is 2. The lowest BCUT2D eigenvalue weighted by atomic mass is 10.2. The number of hydrogen-bond donors (Lipinski definition) is 0. The van der Waals surface area contributed by atoms with E-state index in [-0.39, 0.29) is 17.7 Å². The van der Waals surface area contributed by atoms with Gasteiger partial charge in [-0.1, -0.05) is 0 Å². The maximum absolute atomic E-state index is 12.8. The lowest BCUT2D eigenvalue weighted by Gasteiger charge is -2.28. The molecule has 2 amide bonds. The first-order valence-corrected chi connectivity index (χ1v) is 8.71. The number of pyridine rings is 1. The summed E-state index contributed by atoms with van der Waals surface area (Å²) in [4.78, 5) is 29.2. The molecule has 1 fully saturated rings. The number of nitrogens with zero attached hydrogens (tertiary/aromatic N) is 3. The molecule has 2 rings (SSSR count). The molecule has 0 aromatic carbocycles. The van der Waals surface area contributed by atoms with Crippen LogP contribution in [0.15, 0.2) is 12.1 Å². The van der Waals surface area contributed by atoms with Crippen LogP contribution in [0.4, 0.5) is 0 Å². The van der Waals surface area contributed by atoms with E-state index in [4.69, 9.17) is 9.47 Å². The molecule has 0 bridgehead atoms. The zero-order valence-electron chi connectivity index (χ0n) is 13.6. The van der Waals surface area contributed by atoms with Crippen LogP contribution in [0.2, 0.25) is 0 Å². The van der Waals surface area contributed by atoms with Crippen LogP contribution in [0, 0.1) is 0 Å². The van der Waals surface area contributed by atoms with Crippen LogP contribution in [0.1, 0.15) is 23.2 Å². The third kappa shape index (κ3) is 3.87. The fourth-order valence-corrected chi connectivity index (χ4v) is 2.77. The van der Waals surface area contributed by atoms with E-state index in [2.05, 4.69) is 4.98 Å². The van der Waals surface area contributed by atoms with Crippen molar-refractivity contribution in [2.75, 3.05) is 39.3 Å². The van der Waals surface area contributed by atoms with Gasteiger partial charge in [0.05, 0.1) is 14.2 Å². The molecule has 0 spiro atoms. The molecule has 2 heterocycles. The molecular weight excluding hydrogens is 318 g/mol. The predicted octanol–water partition coefficient (Wildman–Crippen LogP) is 1.44. The molecule has 1 aromatic heterocycles. The fraction of sp³-hybridized carbons (Fsp3) is 0.533. The van der Waals surface area contributed by atoms with Gasteiger partial charge in [-0.05, 0) is 18.7 Å². The van der Waals surface area contributed by atoms with E-state index < -0.39 is 0 Å². The Bertz CT molecular complexity index is 582. The van der Waals surface area contributed by atoms with E-state index in [1.54, 1.807) is 23.9 Å². The maximum Gasteiger partial charge on any atom is 0.277 e. The molecular formula is C15H21N3O4S. The minimum absolute atomic E-state index is 0.0364. The summed E-state index contributed by atoms with van der Waals surface area (Å²) in [7, 11) is 2.94. The van der Waals surface area contributed by atoms with Crippen LogP contribution in [0.25, 0.3) is 0 Å². The summed E-state index contributed by atoms with van der Waals surface area (Å²) in [5.41, 5.74) is 0.317. The Labute approximate surface area is 139 Å². The molecule has 1 aliphatic heterocycles. The second kappa shape index (κ2) is 8.05. The maximum atomic E-state index is 12.8. The molecule has 0 unspecified atom stereocenters. The summed E-state index contributed by atoms with van der Waals surface area (Å²) in [6.45, 7) is 1.07. The van der Waals surface area contributed by atoms with Crippen molar-refractivity contribution >= 4 is 23.6 Å². The van der Waals surface area contributed by atoms with Crippen molar-refractivity contribution in [1.29, 1.82) is 0 Å². The van der Waals surface area contributed by atoms with Crippen LogP contribution in [0.5, 0.6) is 11.8 Å². The first kappa shape index (κ1) is 17.4. The van der Waals surface area contributed by atoms with Gasteiger partial charge in [-0.25, -0.2) is 5.01 Å². The van der Waals surface area contributed by atoms with Gasteiger partial charge in [0.25, 0.3) is 5.91 Å². The van der Waals surface area contributed by atoms with Gasteiger partial charge < -0.3 is 9.47 Å². The normalized spacial score (nSPS) is 14.0. The van der Waals surface area contributed by atoms with Gasteiger partial charge in [0.2, 0.25) is 17.7 Å². The Morgan fingerprint density at radius 1 is 1.22 bits per heavy atom. The van der Waals surface area contributed by atoms with E-state index in [0.717, 1.165) is 12.2 Å². The molecule has 0 radical (unpaired) electrons. The van der Waals surface area contributed by atoms with Gasteiger partial charge in [-0.15, -0.1) is 0 Å². The highest BCUT2D eigenvalue weighted by atomic mass is 32.2. The summed E-state index contributed by atoms with van der Waals surface area (Å²) in [5.74, 6) is 0.980. The molecule has 0 saturated carbocycles. The fourth-order valence-electron chi connectivity index (χ4n) is 2.40. The molecule has 126 valence electrons. The second-order valence-corrected chi connectivity index (χ2v) is 5.94. The van der Waals surface area contributed by atoms with Crippen LogP contribution in [-0.2, 0) is 4.79 Å². The largest absolute Gasteiger partial charge is 0.481 e. The Kier molecular flexibility index (Phi) is 6.09. The first-order valence-electron chi connectivity index (χ1n) is 7.32. The van der Waals surface area contributed by atoms with Gasteiger partial charge in [0, 0.05) is 31.3 Å². The highest BCUT2D eigenvalue weighted by Gasteiger charge is 2.32. The summed E-state index contributed by atoms with van der Waals surface area (Å²) in [6, 6.07) is 3.21. The minimum atomic E-state index is -0.285. The number of hydrazine groups is 1. The van der Waals surface area contributed by atoms with Crippen molar-refractivity contribution < 1.29 is 19.1 Å². The highest BCUT2D eigenvalue weighted by Crippen LogP contribution is 2.24. The van der Waals surface area contributed by atoms with Gasteiger partial charge in [0.1, 0.15) is 5.56 Å². The molecule has 8 heteroatoms. The average Bonchev–Trinajstić information content (AvgIpc) is 3.08. The number of aromatic nitrogens is 1. The lowest BCUT2D eigenvalue weighted by molar-refractivity contribution is -0.140. The molecule has 1 aromatic rings. The Morgan fingerprint density at radius 2 is 1.96 bits per heavy atom. The number of hydrogen-bond acceptors (Lipinski definition) is 6. The summed E-state index contributed by atoms with van der Waals surface area (Å²) < 4.78 is 10.2. The lowest BCUT2D eigenvalue weighted by Crippen LogP contribution is -2.45. The van der Waals surface area contributed by atoms with Crippen molar-refractivity contribution in [2.24, 2.45) is 0 Å². The second-order valence-electron chi connectivity index (χ2n) is 4.95. The van der Waals surface area contributed by atoms with E-state index in [1.165, 1.54) is 24.2 Å². The van der Waals surface area contributed by atoms with Crippen molar-refractivity contribution in [3.05, 3.63) is 17.7 Å². The van der Waals surface area contributed by atoms with Gasteiger partial charge in [-0.3, -0.25) is 14.6 Å². The summed E-state index contributed by atoms with van der Waals surface area (Å²) in [5, 5.41) is 3.01. The molecule has 0 atom stereocenters. The number of methoxy groups -OCH3 is 2. The topological polar surface area (TPSA) is 72.0 Å². The summed E-state index contributed by atoms with van der Waals surface area (Å²) in [6.07, 6.45) is 3.14. The average molecular weight is 339 g/mol. The van der Waals surface area contributed by atoms with Gasteiger partial charge in [0.15, 0.2) is 0 Å². The first-order chi connectivity index (χ1) is 11.1. The highest BCUT2D eigenvalue weighted by molar-refractivity contribution is 7.98. The van der Waals surface area contributed by atoms with E-state index in [0.29, 0.717) is 31.0 Å². The monoisotopic (exact) mass is 339 g/mol. The van der Waals surface area contributed by atoms with E-state index in [9.17, 15) is 9.59 Å². The third-order valence-corrected chi connectivity index (χ3v) is 4.15. The standard InChI is InChI=1S/C15H21N3O4S/c1-21-12-6-5-11(14(16-12)22-2)15(20)18-9-4-8-17(18)13(19)7-10-23-3/h5-6H,4,7-10H2,1-3H3. The van der Waals surface area contributed by atoms with Crippen LogP contribution < -0.4 is 9.47 Å². The molecule has 0 N–H and O–H groups in total. The Hall–Kier alpha value is -1.96. The Balaban J connectivity index is 2.20. The van der Waals surface area contributed by atoms with Crippen LogP contribution >= 0.6 is 11.8 Å². The van der Waals surface area contributed by atoms with E-state index in [1.807, 2.05) is 6.26 Å². The minimum Gasteiger partial charge on any atom is -0.481 e.